The normalized spacial score (nSPS) is 10.5. The summed E-state index contributed by atoms with van der Waals surface area (Å²) in [5, 5.41) is 9.41. The molecule has 2 heterocycles. The smallest absolute Gasteiger partial charge is 0.267 e. The highest BCUT2D eigenvalue weighted by Crippen LogP contribution is 2.34. The summed E-state index contributed by atoms with van der Waals surface area (Å²) >= 11 is 4.93. The van der Waals surface area contributed by atoms with Crippen molar-refractivity contribution in [1.82, 2.24) is 4.98 Å². The number of nitrogens with one attached hydrogen (secondary N) is 1. The number of hydrogen-bond donors (Lipinski definition) is 1. The molecule has 4 aromatic rings. The van der Waals surface area contributed by atoms with Gasteiger partial charge in [0.15, 0.2) is 0 Å². The van der Waals surface area contributed by atoms with Crippen molar-refractivity contribution in [2.45, 2.75) is 0 Å². The zero-order chi connectivity index (χ0) is 18.8. The Kier molecular flexibility index (Phi) is 4.76. The molecule has 0 bridgehead atoms. The van der Waals surface area contributed by atoms with Crippen LogP contribution in [0.2, 0.25) is 0 Å². The number of thiophene rings is 1. The number of halogens is 1. The van der Waals surface area contributed by atoms with Crippen LogP contribution in [0, 0.1) is 11.3 Å². The molecule has 0 saturated carbocycles. The van der Waals surface area contributed by atoms with Gasteiger partial charge in [-0.2, -0.15) is 5.26 Å². The summed E-state index contributed by atoms with van der Waals surface area (Å²) in [5.41, 5.74) is 4.25. The molecule has 130 valence electrons. The average Bonchev–Trinajstić information content (AvgIpc) is 3.14. The van der Waals surface area contributed by atoms with Gasteiger partial charge in [-0.15, -0.1) is 11.3 Å². The maximum atomic E-state index is 12.4. The predicted molar refractivity (Wildman–Crippen MR) is 114 cm³/mol. The average molecular weight is 433 g/mol. The van der Waals surface area contributed by atoms with E-state index in [1.54, 1.807) is 0 Å². The predicted octanol–water partition coefficient (Wildman–Crippen LogP) is 6.07. The van der Waals surface area contributed by atoms with Crippen molar-refractivity contribution in [2.24, 2.45) is 0 Å². The van der Waals surface area contributed by atoms with Crippen LogP contribution < -0.4 is 5.56 Å². The second-order valence-corrected chi connectivity index (χ2v) is 8.42. The molecule has 0 saturated heterocycles. The van der Waals surface area contributed by atoms with Crippen LogP contribution in [0.3, 0.4) is 0 Å². The van der Waals surface area contributed by atoms with Crippen molar-refractivity contribution in [1.29, 1.82) is 5.26 Å². The van der Waals surface area contributed by atoms with Gasteiger partial charge >= 0.3 is 0 Å². The molecule has 2 aromatic carbocycles. The van der Waals surface area contributed by atoms with Gasteiger partial charge in [-0.25, -0.2) is 0 Å². The fourth-order valence-electron chi connectivity index (χ4n) is 2.95. The molecule has 4 rings (SSSR count). The standard InChI is InChI=1S/C22H13BrN2OS/c23-21-11-10-20(27-21)17-12-19(25-22(26)18(17)13-24)16-8-6-15(7-9-16)14-4-2-1-3-5-14/h1-12H,(H,25,26). The summed E-state index contributed by atoms with van der Waals surface area (Å²) in [4.78, 5) is 16.2. The van der Waals surface area contributed by atoms with Crippen LogP contribution in [-0.2, 0) is 0 Å². The zero-order valence-corrected chi connectivity index (χ0v) is 16.5. The minimum atomic E-state index is -0.373. The van der Waals surface area contributed by atoms with E-state index in [-0.39, 0.29) is 11.1 Å². The van der Waals surface area contributed by atoms with Crippen LogP contribution in [0.5, 0.6) is 0 Å². The lowest BCUT2D eigenvalue weighted by atomic mass is 10.0. The molecule has 0 amide bonds. The first-order valence-corrected chi connectivity index (χ1v) is 9.85. The Balaban J connectivity index is 1.79. The van der Waals surface area contributed by atoms with Crippen LogP contribution >= 0.6 is 27.3 Å². The van der Waals surface area contributed by atoms with E-state index in [1.807, 2.05) is 66.7 Å². The van der Waals surface area contributed by atoms with Gasteiger partial charge in [-0.05, 0) is 50.8 Å². The van der Waals surface area contributed by atoms with Gasteiger partial charge in [-0.3, -0.25) is 4.79 Å². The lowest BCUT2D eigenvalue weighted by Crippen LogP contribution is -2.12. The molecule has 0 radical (unpaired) electrons. The first-order valence-electron chi connectivity index (χ1n) is 8.25. The van der Waals surface area contributed by atoms with Crippen molar-refractivity contribution < 1.29 is 0 Å². The Labute approximate surface area is 168 Å². The number of pyridine rings is 1. The van der Waals surface area contributed by atoms with E-state index in [2.05, 4.69) is 33.0 Å². The largest absolute Gasteiger partial charge is 0.321 e. The van der Waals surface area contributed by atoms with Crippen LogP contribution in [0.4, 0.5) is 0 Å². The minimum absolute atomic E-state index is 0.133. The second-order valence-electron chi connectivity index (χ2n) is 5.96. The molecule has 0 spiro atoms. The van der Waals surface area contributed by atoms with Gasteiger partial charge in [0.05, 0.1) is 3.79 Å². The second kappa shape index (κ2) is 7.36. The summed E-state index contributed by atoms with van der Waals surface area (Å²) in [6.07, 6.45) is 0. The van der Waals surface area contributed by atoms with Gasteiger partial charge in [0.25, 0.3) is 5.56 Å². The lowest BCUT2D eigenvalue weighted by Gasteiger charge is -2.08. The number of benzene rings is 2. The van der Waals surface area contributed by atoms with E-state index in [0.29, 0.717) is 11.3 Å². The fraction of sp³-hybridized carbons (Fsp3) is 0. The Hall–Kier alpha value is -2.94. The zero-order valence-electron chi connectivity index (χ0n) is 14.1. The number of hydrogen-bond acceptors (Lipinski definition) is 3. The first-order chi connectivity index (χ1) is 13.2. The molecular weight excluding hydrogens is 420 g/mol. The third-order valence-electron chi connectivity index (χ3n) is 4.29. The third kappa shape index (κ3) is 3.50. The topological polar surface area (TPSA) is 56.6 Å². The SMILES string of the molecule is N#Cc1c(-c2ccc(Br)s2)cc(-c2ccc(-c3ccccc3)cc2)[nH]c1=O. The number of rotatable bonds is 3. The van der Waals surface area contributed by atoms with Crippen molar-refractivity contribution in [3.8, 4) is 38.9 Å². The van der Waals surface area contributed by atoms with E-state index in [4.69, 9.17) is 0 Å². The van der Waals surface area contributed by atoms with E-state index >= 15 is 0 Å². The molecule has 5 heteroatoms. The highest BCUT2D eigenvalue weighted by atomic mass is 79.9. The van der Waals surface area contributed by atoms with E-state index in [9.17, 15) is 10.1 Å². The van der Waals surface area contributed by atoms with Crippen LogP contribution in [0.25, 0.3) is 32.8 Å². The molecule has 0 aliphatic rings. The van der Waals surface area contributed by atoms with Gasteiger partial charge < -0.3 is 4.98 Å². The number of nitriles is 1. The van der Waals surface area contributed by atoms with Gasteiger partial charge in [0.2, 0.25) is 0 Å². The lowest BCUT2D eigenvalue weighted by molar-refractivity contribution is 1.22. The van der Waals surface area contributed by atoms with Crippen LogP contribution in [-0.4, -0.2) is 4.98 Å². The molecule has 0 aliphatic heterocycles. The molecule has 0 aliphatic carbocycles. The summed E-state index contributed by atoms with van der Waals surface area (Å²) in [7, 11) is 0. The number of H-pyrrole nitrogens is 1. The Morgan fingerprint density at radius 3 is 2.19 bits per heavy atom. The van der Waals surface area contributed by atoms with Crippen LogP contribution in [0.1, 0.15) is 5.56 Å². The monoisotopic (exact) mass is 432 g/mol. The van der Waals surface area contributed by atoms with Gasteiger partial charge in [-0.1, -0.05) is 54.6 Å². The molecular formula is C22H13BrN2OS. The van der Waals surface area contributed by atoms with E-state index < -0.39 is 0 Å². The highest BCUT2D eigenvalue weighted by Gasteiger charge is 2.14. The summed E-state index contributed by atoms with van der Waals surface area (Å²) < 4.78 is 0.954. The summed E-state index contributed by atoms with van der Waals surface area (Å²) in [5.74, 6) is 0. The Bertz CT molecular complexity index is 1200. The van der Waals surface area contributed by atoms with E-state index in [0.717, 1.165) is 25.4 Å². The minimum Gasteiger partial charge on any atom is -0.321 e. The number of aromatic nitrogens is 1. The molecule has 0 atom stereocenters. The third-order valence-corrected chi connectivity index (χ3v) is 5.94. The maximum absolute atomic E-state index is 12.4. The number of nitrogens with zero attached hydrogens (tertiary/aromatic N) is 1. The van der Waals surface area contributed by atoms with E-state index in [1.165, 1.54) is 11.3 Å². The van der Waals surface area contributed by atoms with Crippen LogP contribution in [0.15, 0.2) is 81.4 Å². The van der Waals surface area contributed by atoms with Crippen molar-refractivity contribution in [3.63, 3.8) is 0 Å². The summed E-state index contributed by atoms with van der Waals surface area (Å²) in [6, 6.07) is 25.9. The van der Waals surface area contributed by atoms with Gasteiger partial charge in [0, 0.05) is 16.1 Å². The van der Waals surface area contributed by atoms with Crippen molar-refractivity contribution >= 4 is 27.3 Å². The molecule has 2 aromatic heterocycles. The fourth-order valence-corrected chi connectivity index (χ4v) is 4.36. The van der Waals surface area contributed by atoms with Gasteiger partial charge in [0.1, 0.15) is 11.6 Å². The molecule has 0 unspecified atom stereocenters. The van der Waals surface area contributed by atoms with Crippen molar-refractivity contribution in [3.05, 3.63) is 92.5 Å². The van der Waals surface area contributed by atoms with Crippen molar-refractivity contribution in [2.75, 3.05) is 0 Å². The first kappa shape index (κ1) is 17.5. The Morgan fingerprint density at radius 2 is 1.56 bits per heavy atom. The molecule has 1 N–H and O–H groups in total. The molecule has 3 nitrogen and oxygen atoms in total. The number of aromatic amines is 1. The molecule has 0 fully saturated rings. The maximum Gasteiger partial charge on any atom is 0.267 e. The molecule has 27 heavy (non-hydrogen) atoms. The highest BCUT2D eigenvalue weighted by molar-refractivity contribution is 9.11. The summed E-state index contributed by atoms with van der Waals surface area (Å²) in [6.45, 7) is 0. The quantitative estimate of drug-likeness (QED) is 0.426. The Morgan fingerprint density at radius 1 is 0.889 bits per heavy atom.